The van der Waals surface area contributed by atoms with Gasteiger partial charge < -0.3 is 4.42 Å². The van der Waals surface area contributed by atoms with Crippen LogP contribution in [0.1, 0.15) is 6.92 Å². The molecule has 0 radical (unpaired) electrons. The molecule has 7 aromatic carbocycles. The van der Waals surface area contributed by atoms with Crippen molar-refractivity contribution in [2.45, 2.75) is 6.92 Å². The highest BCUT2D eigenvalue weighted by Gasteiger charge is 2.17. The predicted octanol–water partition coefficient (Wildman–Crippen LogP) is 12.6. The van der Waals surface area contributed by atoms with Gasteiger partial charge in [-0.15, -0.1) is 6.58 Å². The van der Waals surface area contributed by atoms with E-state index in [1.54, 1.807) is 6.08 Å². The summed E-state index contributed by atoms with van der Waals surface area (Å²) in [6.07, 6.45) is 3.77. The molecule has 0 amide bonds. The summed E-state index contributed by atoms with van der Waals surface area (Å²) in [5.74, 6) is 0. The molecule has 46 heavy (non-hydrogen) atoms. The lowest BCUT2D eigenvalue weighted by molar-refractivity contribution is 0.669. The number of pyridine rings is 1. The minimum Gasteiger partial charge on any atom is -0.456 e. The number of fused-ring (bicyclic) bond motifs is 6. The molecule has 9 rings (SSSR count). The SMILES string of the molecule is C=CC.c1ccc(-c2c3ccccc3c(-c3ccc(-c4ccc5oc6cc7ccccc7cc6c5c4)nc3)c3ccccc23)cc1. The van der Waals surface area contributed by atoms with Crippen LogP contribution >= 0.6 is 0 Å². The van der Waals surface area contributed by atoms with Gasteiger partial charge in [-0.1, -0.05) is 115 Å². The quantitative estimate of drug-likeness (QED) is 0.151. The second kappa shape index (κ2) is 11.5. The van der Waals surface area contributed by atoms with Crippen LogP contribution in [0.25, 0.3) is 87.8 Å². The average Bonchev–Trinajstić information content (AvgIpc) is 3.47. The van der Waals surface area contributed by atoms with Gasteiger partial charge in [0.25, 0.3) is 0 Å². The van der Waals surface area contributed by atoms with Crippen LogP contribution in [-0.4, -0.2) is 4.98 Å². The minimum atomic E-state index is 0.891. The summed E-state index contributed by atoms with van der Waals surface area (Å²) in [6, 6.07) is 51.7. The molecule has 0 bridgehead atoms. The van der Waals surface area contributed by atoms with Crippen molar-refractivity contribution in [2.24, 2.45) is 0 Å². The Morgan fingerprint density at radius 1 is 0.478 bits per heavy atom. The second-order valence-corrected chi connectivity index (χ2v) is 11.6. The lowest BCUT2D eigenvalue weighted by Crippen LogP contribution is -1.91. The maximum absolute atomic E-state index is 6.23. The number of nitrogens with zero attached hydrogens (tertiary/aromatic N) is 1. The molecule has 0 aliphatic heterocycles. The largest absolute Gasteiger partial charge is 0.456 e. The van der Waals surface area contributed by atoms with Crippen LogP contribution in [0.2, 0.25) is 0 Å². The minimum absolute atomic E-state index is 0.891. The van der Waals surface area contributed by atoms with Gasteiger partial charge in [-0.3, -0.25) is 4.98 Å². The summed E-state index contributed by atoms with van der Waals surface area (Å²) < 4.78 is 6.23. The van der Waals surface area contributed by atoms with Crippen LogP contribution in [0, 0.1) is 0 Å². The third-order valence-corrected chi connectivity index (χ3v) is 8.68. The smallest absolute Gasteiger partial charge is 0.136 e. The molecule has 0 aliphatic rings. The lowest BCUT2D eigenvalue weighted by Gasteiger charge is -2.17. The Labute approximate surface area is 267 Å². The first-order valence-electron chi connectivity index (χ1n) is 15.6. The van der Waals surface area contributed by atoms with E-state index in [1.807, 2.05) is 13.1 Å². The van der Waals surface area contributed by atoms with E-state index in [2.05, 4.69) is 152 Å². The van der Waals surface area contributed by atoms with Gasteiger partial charge in [0, 0.05) is 28.1 Å². The number of hydrogen-bond acceptors (Lipinski definition) is 2. The van der Waals surface area contributed by atoms with Gasteiger partial charge in [0.05, 0.1) is 5.69 Å². The van der Waals surface area contributed by atoms with E-state index in [9.17, 15) is 0 Å². The number of furan rings is 1. The summed E-state index contributed by atoms with van der Waals surface area (Å²) in [5.41, 5.74) is 8.64. The average molecular weight is 590 g/mol. The van der Waals surface area contributed by atoms with E-state index < -0.39 is 0 Å². The first-order valence-corrected chi connectivity index (χ1v) is 15.6. The first kappa shape index (κ1) is 27.6. The number of allylic oxidation sites excluding steroid dienone is 1. The topological polar surface area (TPSA) is 26.0 Å². The summed E-state index contributed by atoms with van der Waals surface area (Å²) in [6.45, 7) is 5.25. The van der Waals surface area contributed by atoms with Gasteiger partial charge in [0.15, 0.2) is 0 Å². The molecule has 2 aromatic heterocycles. The molecule has 0 N–H and O–H groups in total. The maximum atomic E-state index is 6.23. The van der Waals surface area contributed by atoms with Crippen molar-refractivity contribution >= 4 is 54.3 Å². The molecule has 0 fully saturated rings. The maximum Gasteiger partial charge on any atom is 0.136 e. The number of rotatable bonds is 3. The zero-order valence-electron chi connectivity index (χ0n) is 25.6. The molecule has 0 atom stereocenters. The number of hydrogen-bond donors (Lipinski definition) is 0. The zero-order chi connectivity index (χ0) is 31.0. The van der Waals surface area contributed by atoms with E-state index in [1.165, 1.54) is 49.0 Å². The number of benzene rings is 7. The van der Waals surface area contributed by atoms with Crippen LogP contribution in [0.15, 0.2) is 169 Å². The van der Waals surface area contributed by atoms with Gasteiger partial charge in [-0.2, -0.15) is 0 Å². The Morgan fingerprint density at radius 2 is 1.00 bits per heavy atom. The van der Waals surface area contributed by atoms with Gasteiger partial charge in [-0.25, -0.2) is 0 Å². The van der Waals surface area contributed by atoms with Crippen LogP contribution in [0.5, 0.6) is 0 Å². The van der Waals surface area contributed by atoms with Crippen molar-refractivity contribution in [3.8, 4) is 33.5 Å². The third-order valence-electron chi connectivity index (χ3n) is 8.68. The van der Waals surface area contributed by atoms with Crippen LogP contribution < -0.4 is 0 Å². The molecule has 2 heteroatoms. The summed E-state index contributed by atoms with van der Waals surface area (Å²) in [5, 5.41) is 9.58. The molecule has 0 unspecified atom stereocenters. The Bertz CT molecular complexity index is 2480. The summed E-state index contributed by atoms with van der Waals surface area (Å²) in [7, 11) is 0. The fraction of sp³-hybridized carbons (Fsp3) is 0.0227. The van der Waals surface area contributed by atoms with Crippen molar-refractivity contribution in [3.05, 3.63) is 164 Å². The fourth-order valence-corrected chi connectivity index (χ4v) is 6.69. The number of aromatic nitrogens is 1. The van der Waals surface area contributed by atoms with Crippen LogP contribution in [0.3, 0.4) is 0 Å². The molecule has 0 spiro atoms. The third kappa shape index (κ3) is 4.63. The lowest BCUT2D eigenvalue weighted by atomic mass is 9.86. The normalized spacial score (nSPS) is 11.2. The van der Waals surface area contributed by atoms with Gasteiger partial charge in [-0.05, 0) is 92.3 Å². The van der Waals surface area contributed by atoms with E-state index in [-0.39, 0.29) is 0 Å². The van der Waals surface area contributed by atoms with E-state index in [0.29, 0.717) is 0 Å². The van der Waals surface area contributed by atoms with E-state index in [0.717, 1.165) is 38.8 Å². The highest BCUT2D eigenvalue weighted by atomic mass is 16.3. The van der Waals surface area contributed by atoms with Crippen molar-refractivity contribution in [1.29, 1.82) is 0 Å². The summed E-state index contributed by atoms with van der Waals surface area (Å²) >= 11 is 0. The van der Waals surface area contributed by atoms with Crippen molar-refractivity contribution in [3.63, 3.8) is 0 Å². The predicted molar refractivity (Wildman–Crippen MR) is 196 cm³/mol. The standard InChI is InChI=1S/C41H25NO.C3H6/c1-2-10-26(11-3-1)40-31-14-6-8-16-33(31)41(34-17-9-7-15-32(34)40)30-18-20-37(42-25-30)29-19-21-38-35(23-29)36-22-27-12-4-5-13-28(27)24-39(36)43-38;1-3-2/h1-25H;3H,1H2,2H3. The zero-order valence-corrected chi connectivity index (χ0v) is 25.6. The Kier molecular flexibility index (Phi) is 6.89. The highest BCUT2D eigenvalue weighted by molar-refractivity contribution is 6.21. The first-order chi connectivity index (χ1) is 22.7. The molecule has 0 aliphatic carbocycles. The van der Waals surface area contributed by atoms with Crippen molar-refractivity contribution < 1.29 is 4.42 Å². The highest BCUT2D eigenvalue weighted by Crippen LogP contribution is 2.43. The Hall–Kier alpha value is -5.99. The van der Waals surface area contributed by atoms with Crippen LogP contribution in [0.4, 0.5) is 0 Å². The molecule has 218 valence electrons. The van der Waals surface area contributed by atoms with E-state index >= 15 is 0 Å². The van der Waals surface area contributed by atoms with E-state index in [4.69, 9.17) is 9.40 Å². The summed E-state index contributed by atoms with van der Waals surface area (Å²) in [4.78, 5) is 5.01. The van der Waals surface area contributed by atoms with Crippen molar-refractivity contribution in [2.75, 3.05) is 0 Å². The van der Waals surface area contributed by atoms with Crippen molar-refractivity contribution in [1.82, 2.24) is 4.98 Å². The van der Waals surface area contributed by atoms with Gasteiger partial charge >= 0.3 is 0 Å². The molecular formula is C44H31NO. The molecular weight excluding hydrogens is 558 g/mol. The second-order valence-electron chi connectivity index (χ2n) is 11.6. The molecule has 0 saturated heterocycles. The molecule has 0 saturated carbocycles. The molecule has 2 nitrogen and oxygen atoms in total. The fourth-order valence-electron chi connectivity index (χ4n) is 6.69. The van der Waals surface area contributed by atoms with Gasteiger partial charge in [0.1, 0.15) is 11.2 Å². The molecule has 2 heterocycles. The monoisotopic (exact) mass is 589 g/mol. The Morgan fingerprint density at radius 3 is 1.61 bits per heavy atom. The molecule has 9 aromatic rings. The van der Waals surface area contributed by atoms with Gasteiger partial charge in [0.2, 0.25) is 0 Å². The Balaban J connectivity index is 0.00000100. The van der Waals surface area contributed by atoms with Crippen LogP contribution in [-0.2, 0) is 0 Å².